The molecule has 1 amide bonds. The minimum Gasteiger partial charge on any atom is -0.464 e. The van der Waals surface area contributed by atoms with Crippen LogP contribution < -0.4 is 5.32 Å². The van der Waals surface area contributed by atoms with E-state index < -0.39 is 12.0 Å². The van der Waals surface area contributed by atoms with E-state index in [9.17, 15) is 9.59 Å². The number of carbonyl (C=O) groups excluding carboxylic acids is 2. The minimum atomic E-state index is -0.695. The molecule has 0 bridgehead atoms. The summed E-state index contributed by atoms with van der Waals surface area (Å²) in [5, 5.41) is 10.6. The fourth-order valence-corrected chi connectivity index (χ4v) is 1.95. The number of nitrogens with zero attached hydrogens (tertiary/aromatic N) is 3. The molecule has 1 aromatic carbocycles. The zero-order valence-electron chi connectivity index (χ0n) is 12.3. The maximum Gasteiger partial charge on any atom is 0.328 e. The maximum atomic E-state index is 12.1. The molecule has 1 unspecified atom stereocenters. The van der Waals surface area contributed by atoms with Gasteiger partial charge in [-0.3, -0.25) is 4.79 Å². The molecule has 1 atom stereocenters. The molecule has 2 aromatic rings. The highest BCUT2D eigenvalue weighted by Crippen LogP contribution is 2.13. The first-order chi connectivity index (χ1) is 10.1. The number of hydrogen-bond acceptors (Lipinski definition) is 5. The van der Waals surface area contributed by atoms with Gasteiger partial charge in [-0.15, -0.1) is 5.10 Å². The van der Waals surface area contributed by atoms with Crippen molar-refractivity contribution in [3.05, 3.63) is 23.8 Å². The minimum absolute atomic E-state index is 0.283. The second-order valence-electron chi connectivity index (χ2n) is 4.56. The molecule has 0 aliphatic rings. The van der Waals surface area contributed by atoms with Crippen molar-refractivity contribution >= 4 is 22.9 Å². The summed E-state index contributed by atoms with van der Waals surface area (Å²) >= 11 is 0. The number of amides is 1. The molecule has 0 fully saturated rings. The Morgan fingerprint density at radius 3 is 2.81 bits per heavy atom. The number of ether oxygens (including phenoxy) is 1. The SMILES string of the molecule is CCOC(=O)C(C)NC(=O)c1ccc2c(c1)nnn2CC. The second-order valence-corrected chi connectivity index (χ2v) is 4.56. The standard InChI is InChI=1S/C14H18N4O3/c1-4-18-12-7-6-10(8-11(12)16-17-18)13(19)15-9(3)14(20)21-5-2/h6-9H,4-5H2,1-3H3,(H,15,19). The number of aryl methyl sites for hydroxylation is 1. The number of nitrogens with one attached hydrogen (secondary N) is 1. The van der Waals surface area contributed by atoms with E-state index >= 15 is 0 Å². The van der Waals surface area contributed by atoms with Gasteiger partial charge in [-0.05, 0) is 39.0 Å². The first-order valence-electron chi connectivity index (χ1n) is 6.87. The lowest BCUT2D eigenvalue weighted by Gasteiger charge is -2.12. The van der Waals surface area contributed by atoms with E-state index in [2.05, 4.69) is 15.6 Å². The lowest BCUT2D eigenvalue weighted by Crippen LogP contribution is -2.39. The van der Waals surface area contributed by atoms with Crippen LogP contribution in [0.25, 0.3) is 11.0 Å². The molecule has 21 heavy (non-hydrogen) atoms. The molecule has 1 aromatic heterocycles. The molecular formula is C14H18N4O3. The fourth-order valence-electron chi connectivity index (χ4n) is 1.95. The quantitative estimate of drug-likeness (QED) is 0.834. The molecule has 7 heteroatoms. The van der Waals surface area contributed by atoms with Gasteiger partial charge >= 0.3 is 5.97 Å². The van der Waals surface area contributed by atoms with Crippen molar-refractivity contribution < 1.29 is 14.3 Å². The number of aromatic nitrogens is 3. The van der Waals surface area contributed by atoms with Crippen LogP contribution >= 0.6 is 0 Å². The molecule has 0 saturated heterocycles. The molecule has 0 spiro atoms. The van der Waals surface area contributed by atoms with Gasteiger partial charge in [-0.25, -0.2) is 9.48 Å². The average Bonchev–Trinajstić information content (AvgIpc) is 2.89. The third kappa shape index (κ3) is 3.18. The second kappa shape index (κ2) is 6.34. The van der Waals surface area contributed by atoms with Crippen LogP contribution in [0.3, 0.4) is 0 Å². The van der Waals surface area contributed by atoms with Crippen LogP contribution in [-0.2, 0) is 16.1 Å². The Hall–Kier alpha value is -2.44. The van der Waals surface area contributed by atoms with Crippen molar-refractivity contribution in [2.24, 2.45) is 0 Å². The topological polar surface area (TPSA) is 86.1 Å². The van der Waals surface area contributed by atoms with Gasteiger partial charge < -0.3 is 10.1 Å². The zero-order chi connectivity index (χ0) is 15.4. The zero-order valence-corrected chi connectivity index (χ0v) is 12.3. The summed E-state index contributed by atoms with van der Waals surface area (Å²) < 4.78 is 6.60. The predicted molar refractivity (Wildman–Crippen MR) is 76.8 cm³/mol. The number of benzene rings is 1. The number of rotatable bonds is 5. The lowest BCUT2D eigenvalue weighted by molar-refractivity contribution is -0.144. The van der Waals surface area contributed by atoms with Gasteiger partial charge in [0.05, 0.1) is 12.1 Å². The van der Waals surface area contributed by atoms with Gasteiger partial charge in [0, 0.05) is 12.1 Å². The summed E-state index contributed by atoms with van der Waals surface area (Å²) in [7, 11) is 0. The Labute approximate surface area is 122 Å². The van der Waals surface area contributed by atoms with Crippen molar-refractivity contribution in [2.75, 3.05) is 6.61 Å². The van der Waals surface area contributed by atoms with Crippen molar-refractivity contribution in [1.29, 1.82) is 0 Å². The van der Waals surface area contributed by atoms with Gasteiger partial charge in [-0.2, -0.15) is 0 Å². The summed E-state index contributed by atoms with van der Waals surface area (Å²) in [6.45, 7) is 6.27. The van der Waals surface area contributed by atoms with Crippen LogP contribution in [-0.4, -0.2) is 39.5 Å². The normalized spacial score (nSPS) is 12.1. The van der Waals surface area contributed by atoms with E-state index in [1.54, 1.807) is 36.7 Å². The molecule has 112 valence electrons. The lowest BCUT2D eigenvalue weighted by atomic mass is 10.1. The van der Waals surface area contributed by atoms with Crippen LogP contribution in [0.5, 0.6) is 0 Å². The third-order valence-electron chi connectivity index (χ3n) is 3.06. The molecule has 1 N–H and O–H groups in total. The first-order valence-corrected chi connectivity index (χ1v) is 6.87. The summed E-state index contributed by atoms with van der Waals surface area (Å²) in [5.41, 5.74) is 1.95. The van der Waals surface area contributed by atoms with Crippen LogP contribution in [0, 0.1) is 0 Å². The molecule has 0 radical (unpaired) electrons. The Kier molecular flexibility index (Phi) is 4.52. The Balaban J connectivity index is 2.14. The first kappa shape index (κ1) is 15.0. The Morgan fingerprint density at radius 2 is 2.14 bits per heavy atom. The van der Waals surface area contributed by atoms with Crippen LogP contribution in [0.2, 0.25) is 0 Å². The van der Waals surface area contributed by atoms with Crippen LogP contribution in [0.1, 0.15) is 31.1 Å². The molecule has 7 nitrogen and oxygen atoms in total. The van der Waals surface area contributed by atoms with E-state index in [0.717, 1.165) is 5.52 Å². The van der Waals surface area contributed by atoms with E-state index in [1.165, 1.54) is 0 Å². The van der Waals surface area contributed by atoms with Crippen LogP contribution in [0.15, 0.2) is 18.2 Å². The smallest absolute Gasteiger partial charge is 0.328 e. The fraction of sp³-hybridized carbons (Fsp3) is 0.429. The molecule has 0 aliphatic heterocycles. The van der Waals surface area contributed by atoms with Gasteiger partial charge in [0.25, 0.3) is 5.91 Å². The van der Waals surface area contributed by atoms with E-state index in [4.69, 9.17) is 4.74 Å². The highest BCUT2D eigenvalue weighted by molar-refractivity contribution is 5.99. The van der Waals surface area contributed by atoms with E-state index in [-0.39, 0.29) is 12.5 Å². The van der Waals surface area contributed by atoms with Crippen molar-refractivity contribution in [3.8, 4) is 0 Å². The highest BCUT2D eigenvalue weighted by Gasteiger charge is 2.18. The summed E-state index contributed by atoms with van der Waals surface area (Å²) in [5.74, 6) is -0.799. The summed E-state index contributed by atoms with van der Waals surface area (Å²) in [6, 6.07) is 4.44. The Morgan fingerprint density at radius 1 is 1.38 bits per heavy atom. The number of hydrogen-bond donors (Lipinski definition) is 1. The van der Waals surface area contributed by atoms with E-state index in [1.807, 2.05) is 6.92 Å². The number of fused-ring (bicyclic) bond motifs is 1. The molecule has 2 rings (SSSR count). The predicted octanol–water partition coefficient (Wildman–Crippen LogP) is 1.13. The molecular weight excluding hydrogens is 272 g/mol. The monoisotopic (exact) mass is 290 g/mol. The van der Waals surface area contributed by atoms with Gasteiger partial charge in [0.2, 0.25) is 0 Å². The summed E-state index contributed by atoms with van der Waals surface area (Å²) in [6.07, 6.45) is 0. The maximum absolute atomic E-state index is 12.1. The Bertz CT molecular complexity index is 665. The van der Waals surface area contributed by atoms with Crippen molar-refractivity contribution in [1.82, 2.24) is 20.3 Å². The number of esters is 1. The molecule has 1 heterocycles. The van der Waals surface area contributed by atoms with Crippen molar-refractivity contribution in [2.45, 2.75) is 33.4 Å². The summed E-state index contributed by atoms with van der Waals surface area (Å²) in [4.78, 5) is 23.6. The van der Waals surface area contributed by atoms with E-state index in [0.29, 0.717) is 17.6 Å². The van der Waals surface area contributed by atoms with Gasteiger partial charge in [0.1, 0.15) is 11.6 Å². The number of carbonyl (C=O) groups is 2. The largest absolute Gasteiger partial charge is 0.464 e. The molecule has 0 aliphatic carbocycles. The highest BCUT2D eigenvalue weighted by atomic mass is 16.5. The molecule has 0 saturated carbocycles. The van der Waals surface area contributed by atoms with Crippen molar-refractivity contribution in [3.63, 3.8) is 0 Å². The van der Waals surface area contributed by atoms with Crippen LogP contribution in [0.4, 0.5) is 0 Å². The van der Waals surface area contributed by atoms with Gasteiger partial charge in [0.15, 0.2) is 0 Å². The van der Waals surface area contributed by atoms with Gasteiger partial charge in [-0.1, -0.05) is 5.21 Å². The average molecular weight is 290 g/mol. The third-order valence-corrected chi connectivity index (χ3v) is 3.06.